The molecule has 0 saturated heterocycles. The molecule has 0 bridgehead atoms. The lowest BCUT2D eigenvalue weighted by Crippen LogP contribution is -2.21. The summed E-state index contributed by atoms with van der Waals surface area (Å²) in [4.78, 5) is 12.6. The van der Waals surface area contributed by atoms with Crippen LogP contribution in [0.5, 0.6) is 0 Å². The van der Waals surface area contributed by atoms with Crippen LogP contribution in [0.4, 0.5) is 0 Å². The van der Waals surface area contributed by atoms with Gasteiger partial charge in [0.2, 0.25) is 0 Å². The highest BCUT2D eigenvalue weighted by Crippen LogP contribution is 2.33. The Bertz CT molecular complexity index is 808. The number of amides is 1. The van der Waals surface area contributed by atoms with Crippen molar-refractivity contribution in [3.8, 4) is 0 Å². The van der Waals surface area contributed by atoms with Crippen LogP contribution in [0.25, 0.3) is 11.4 Å². The molecule has 2 aromatic carbocycles. The highest BCUT2D eigenvalue weighted by atomic mass is 16.5. The third kappa shape index (κ3) is 2.43. The summed E-state index contributed by atoms with van der Waals surface area (Å²) in [6.07, 6.45) is 0. The van der Waals surface area contributed by atoms with Crippen molar-refractivity contribution in [2.75, 3.05) is 13.3 Å². The van der Waals surface area contributed by atoms with Crippen molar-refractivity contribution in [3.05, 3.63) is 82.9 Å². The minimum atomic E-state index is -0.0873. The molecule has 2 aromatic rings. The van der Waals surface area contributed by atoms with Gasteiger partial charge in [0.05, 0.1) is 23.6 Å². The van der Waals surface area contributed by atoms with E-state index in [1.165, 1.54) is 0 Å². The van der Waals surface area contributed by atoms with Gasteiger partial charge in [-0.1, -0.05) is 60.7 Å². The number of carbonyl (C=O) groups excluding carboxylic acids is 1. The molecule has 0 atom stereocenters. The Balaban J connectivity index is 1.91. The van der Waals surface area contributed by atoms with E-state index in [0.29, 0.717) is 18.9 Å². The average Bonchev–Trinajstić information content (AvgIpc) is 2.80. The molecule has 114 valence electrons. The van der Waals surface area contributed by atoms with Gasteiger partial charge in [0.25, 0.3) is 5.91 Å². The Kier molecular flexibility index (Phi) is 3.44. The number of rotatable bonds is 2. The van der Waals surface area contributed by atoms with Gasteiger partial charge < -0.3 is 15.4 Å². The zero-order valence-corrected chi connectivity index (χ0v) is 12.5. The summed E-state index contributed by atoms with van der Waals surface area (Å²) in [5, 5.41) is 6.24. The maximum Gasteiger partial charge on any atom is 0.258 e. The summed E-state index contributed by atoms with van der Waals surface area (Å²) in [5.41, 5.74) is 5.21. The molecule has 0 saturated carbocycles. The van der Waals surface area contributed by atoms with E-state index in [1.54, 1.807) is 0 Å². The van der Waals surface area contributed by atoms with Crippen molar-refractivity contribution in [1.82, 2.24) is 10.6 Å². The Morgan fingerprint density at radius 1 is 0.826 bits per heavy atom. The van der Waals surface area contributed by atoms with Crippen LogP contribution in [-0.4, -0.2) is 19.2 Å². The van der Waals surface area contributed by atoms with E-state index >= 15 is 0 Å². The summed E-state index contributed by atoms with van der Waals surface area (Å²) < 4.78 is 5.66. The molecular formula is C19H16N2O2. The average molecular weight is 304 g/mol. The molecule has 0 spiro atoms. The van der Waals surface area contributed by atoms with Crippen molar-refractivity contribution in [3.63, 3.8) is 0 Å². The van der Waals surface area contributed by atoms with Crippen LogP contribution in [-0.2, 0) is 9.53 Å². The number of nitrogens with one attached hydrogen (secondary N) is 2. The van der Waals surface area contributed by atoms with E-state index in [2.05, 4.69) is 10.6 Å². The molecule has 4 nitrogen and oxygen atoms in total. The topological polar surface area (TPSA) is 50.4 Å². The summed E-state index contributed by atoms with van der Waals surface area (Å²) >= 11 is 0. The highest BCUT2D eigenvalue weighted by Gasteiger charge is 2.32. The molecule has 2 N–H and O–H groups in total. The molecule has 0 fully saturated rings. The first-order valence-corrected chi connectivity index (χ1v) is 7.56. The largest absolute Gasteiger partial charge is 0.362 e. The van der Waals surface area contributed by atoms with Gasteiger partial charge >= 0.3 is 0 Å². The number of fused-ring (bicyclic) bond motifs is 1. The molecule has 1 amide bonds. The molecule has 2 aliphatic heterocycles. The number of benzene rings is 2. The Morgan fingerprint density at radius 3 is 2.09 bits per heavy atom. The number of carbonyl (C=O) groups is 1. The van der Waals surface area contributed by atoms with Gasteiger partial charge in [-0.25, -0.2) is 0 Å². The van der Waals surface area contributed by atoms with Gasteiger partial charge in [-0.3, -0.25) is 4.79 Å². The maximum atomic E-state index is 12.6. The van der Waals surface area contributed by atoms with Gasteiger partial charge in [-0.2, -0.15) is 0 Å². The van der Waals surface area contributed by atoms with E-state index in [-0.39, 0.29) is 5.91 Å². The lowest BCUT2D eigenvalue weighted by atomic mass is 9.99. The number of hydrogen-bond acceptors (Lipinski definition) is 3. The Hall–Kier alpha value is -2.85. The first-order valence-electron chi connectivity index (χ1n) is 7.56. The van der Waals surface area contributed by atoms with Crippen LogP contribution < -0.4 is 10.6 Å². The second kappa shape index (κ2) is 5.74. The predicted molar refractivity (Wildman–Crippen MR) is 88.8 cm³/mol. The number of ether oxygens (including phenoxy) is 1. The molecule has 2 heterocycles. The normalized spacial score (nSPS) is 17.5. The summed E-state index contributed by atoms with van der Waals surface area (Å²) in [6.45, 7) is 0.786. The van der Waals surface area contributed by atoms with Crippen LogP contribution in [0, 0.1) is 0 Å². The minimum absolute atomic E-state index is 0.0873. The zero-order valence-electron chi connectivity index (χ0n) is 12.5. The predicted octanol–water partition coefficient (Wildman–Crippen LogP) is 2.52. The molecule has 4 rings (SSSR count). The fourth-order valence-electron chi connectivity index (χ4n) is 2.99. The molecule has 0 unspecified atom stereocenters. The summed E-state index contributed by atoms with van der Waals surface area (Å²) in [6, 6.07) is 19.7. The molecular weight excluding hydrogens is 288 g/mol. The lowest BCUT2D eigenvalue weighted by molar-refractivity contribution is -0.115. The van der Waals surface area contributed by atoms with Gasteiger partial charge in [0.1, 0.15) is 6.73 Å². The minimum Gasteiger partial charge on any atom is -0.362 e. The van der Waals surface area contributed by atoms with Crippen LogP contribution >= 0.6 is 0 Å². The van der Waals surface area contributed by atoms with E-state index in [0.717, 1.165) is 28.1 Å². The Morgan fingerprint density at radius 2 is 1.43 bits per heavy atom. The van der Waals surface area contributed by atoms with Crippen molar-refractivity contribution >= 4 is 17.3 Å². The second-order valence-electron chi connectivity index (χ2n) is 5.46. The lowest BCUT2D eigenvalue weighted by Gasteiger charge is -2.10. The van der Waals surface area contributed by atoms with Crippen LogP contribution in [0.1, 0.15) is 11.1 Å². The third-order valence-corrected chi connectivity index (χ3v) is 4.04. The zero-order chi connectivity index (χ0) is 15.6. The molecule has 0 radical (unpaired) electrons. The van der Waals surface area contributed by atoms with Crippen molar-refractivity contribution < 1.29 is 9.53 Å². The Labute approximate surface area is 134 Å². The first kappa shape index (κ1) is 13.8. The van der Waals surface area contributed by atoms with Crippen molar-refractivity contribution in [2.24, 2.45) is 0 Å². The highest BCUT2D eigenvalue weighted by molar-refractivity contribution is 6.15. The van der Waals surface area contributed by atoms with E-state index < -0.39 is 0 Å². The standard InChI is InChI=1S/C19H16N2O2/c22-19-16-15(17(21-19)13-7-3-1-4-8-13)11-23-12-20-18(16)14-9-5-2-6-10-14/h1-10,20H,11-12H2,(H,21,22). The van der Waals surface area contributed by atoms with E-state index in [9.17, 15) is 4.79 Å². The first-order chi connectivity index (χ1) is 11.3. The van der Waals surface area contributed by atoms with Gasteiger partial charge in [-0.05, 0) is 11.1 Å². The van der Waals surface area contributed by atoms with Crippen LogP contribution in [0.3, 0.4) is 0 Å². The summed E-state index contributed by atoms with van der Waals surface area (Å²) in [5.74, 6) is -0.0873. The van der Waals surface area contributed by atoms with E-state index in [1.807, 2.05) is 60.7 Å². The quantitative estimate of drug-likeness (QED) is 0.896. The molecule has 4 heteroatoms. The molecule has 0 aliphatic carbocycles. The molecule has 2 aliphatic rings. The smallest absolute Gasteiger partial charge is 0.258 e. The monoisotopic (exact) mass is 304 g/mol. The fraction of sp³-hybridized carbons (Fsp3) is 0.105. The molecule has 0 aromatic heterocycles. The maximum absolute atomic E-state index is 12.6. The van der Waals surface area contributed by atoms with Gasteiger partial charge in [0.15, 0.2) is 0 Å². The van der Waals surface area contributed by atoms with Crippen LogP contribution in [0.2, 0.25) is 0 Å². The SMILES string of the molecule is O=C1NC(c2ccccc2)=C2COCNC(c3ccccc3)=C12. The van der Waals surface area contributed by atoms with Gasteiger partial charge in [-0.15, -0.1) is 0 Å². The number of hydrogen-bond donors (Lipinski definition) is 2. The molecule has 23 heavy (non-hydrogen) atoms. The third-order valence-electron chi connectivity index (χ3n) is 4.04. The second-order valence-corrected chi connectivity index (χ2v) is 5.46. The van der Waals surface area contributed by atoms with Crippen LogP contribution in [0.15, 0.2) is 71.8 Å². The van der Waals surface area contributed by atoms with E-state index in [4.69, 9.17) is 4.74 Å². The van der Waals surface area contributed by atoms with Gasteiger partial charge in [0, 0.05) is 5.57 Å². The van der Waals surface area contributed by atoms with Crippen molar-refractivity contribution in [1.29, 1.82) is 0 Å². The van der Waals surface area contributed by atoms with Crippen molar-refractivity contribution in [2.45, 2.75) is 0 Å². The fourth-order valence-corrected chi connectivity index (χ4v) is 2.99. The summed E-state index contributed by atoms with van der Waals surface area (Å²) in [7, 11) is 0.